The van der Waals surface area contributed by atoms with E-state index in [4.69, 9.17) is 10.5 Å². The molecule has 0 bridgehead atoms. The highest BCUT2D eigenvalue weighted by molar-refractivity contribution is 8.03. The average molecular weight is 475 g/mol. The standard InChI is InChI=1S/C30H22N2S2/c31-21-33-19-23-11-15-27(16-12-23)29(25-7-3-1-4-8-25)30(26-9-5-2-6-10-26)28-17-13-24(14-18-28)20-34-22-32/h1-18H,19-20H2/b30-29+. The van der Waals surface area contributed by atoms with Crippen molar-refractivity contribution in [2.75, 3.05) is 0 Å². The van der Waals surface area contributed by atoms with Crippen molar-refractivity contribution in [3.63, 3.8) is 0 Å². The molecule has 0 saturated carbocycles. The Labute approximate surface area is 209 Å². The van der Waals surface area contributed by atoms with Gasteiger partial charge in [-0.1, -0.05) is 109 Å². The maximum atomic E-state index is 8.90. The molecular formula is C30H22N2S2. The molecule has 4 aromatic carbocycles. The molecule has 0 spiro atoms. The maximum Gasteiger partial charge on any atom is 0.133 e. The fraction of sp³-hybridized carbons (Fsp3) is 0.0667. The maximum absolute atomic E-state index is 8.90. The van der Waals surface area contributed by atoms with Crippen molar-refractivity contribution in [2.45, 2.75) is 11.5 Å². The Balaban J connectivity index is 1.92. The zero-order chi connectivity index (χ0) is 23.6. The molecule has 0 unspecified atom stereocenters. The van der Waals surface area contributed by atoms with Crippen LogP contribution >= 0.6 is 23.5 Å². The Hall–Kier alpha value is -3.70. The van der Waals surface area contributed by atoms with Crippen LogP contribution in [0.2, 0.25) is 0 Å². The van der Waals surface area contributed by atoms with Crippen LogP contribution in [-0.4, -0.2) is 0 Å². The minimum atomic E-state index is 0.675. The van der Waals surface area contributed by atoms with Crippen molar-refractivity contribution in [1.29, 1.82) is 10.5 Å². The van der Waals surface area contributed by atoms with Gasteiger partial charge in [0.1, 0.15) is 10.8 Å². The van der Waals surface area contributed by atoms with Gasteiger partial charge in [0.15, 0.2) is 0 Å². The molecule has 0 atom stereocenters. The van der Waals surface area contributed by atoms with Gasteiger partial charge in [-0.15, -0.1) is 0 Å². The third-order valence-corrected chi connectivity index (χ3v) is 6.68. The lowest BCUT2D eigenvalue weighted by Crippen LogP contribution is -1.98. The topological polar surface area (TPSA) is 47.6 Å². The van der Waals surface area contributed by atoms with Crippen LogP contribution in [0.4, 0.5) is 0 Å². The minimum absolute atomic E-state index is 0.675. The number of nitrogens with zero attached hydrogens (tertiary/aromatic N) is 2. The average Bonchev–Trinajstić information content (AvgIpc) is 2.91. The van der Waals surface area contributed by atoms with Gasteiger partial charge in [0.25, 0.3) is 0 Å². The highest BCUT2D eigenvalue weighted by Crippen LogP contribution is 2.37. The second-order valence-electron chi connectivity index (χ2n) is 7.64. The van der Waals surface area contributed by atoms with Crippen molar-refractivity contribution in [2.24, 2.45) is 0 Å². The largest absolute Gasteiger partial charge is 0.185 e. The third kappa shape index (κ3) is 5.80. The molecule has 0 fully saturated rings. The molecule has 2 nitrogen and oxygen atoms in total. The number of benzene rings is 4. The van der Waals surface area contributed by atoms with Crippen molar-refractivity contribution in [1.82, 2.24) is 0 Å². The normalized spacial score (nSPS) is 11.2. The molecule has 0 aromatic heterocycles. The lowest BCUT2D eigenvalue weighted by Gasteiger charge is -2.18. The summed E-state index contributed by atoms with van der Waals surface area (Å²) in [5, 5.41) is 22.1. The van der Waals surface area contributed by atoms with Gasteiger partial charge in [-0.05, 0) is 68.1 Å². The molecule has 0 N–H and O–H groups in total. The zero-order valence-electron chi connectivity index (χ0n) is 18.5. The summed E-state index contributed by atoms with van der Waals surface area (Å²) in [5.74, 6) is 1.35. The minimum Gasteiger partial charge on any atom is -0.185 e. The van der Waals surface area contributed by atoms with Crippen LogP contribution in [0.25, 0.3) is 11.1 Å². The number of nitriles is 2. The molecular weight excluding hydrogens is 452 g/mol. The van der Waals surface area contributed by atoms with Crippen molar-refractivity contribution in [3.05, 3.63) is 143 Å². The van der Waals surface area contributed by atoms with Gasteiger partial charge < -0.3 is 0 Å². The highest BCUT2D eigenvalue weighted by atomic mass is 32.2. The van der Waals surface area contributed by atoms with E-state index in [1.165, 1.54) is 23.5 Å². The molecule has 4 heteroatoms. The van der Waals surface area contributed by atoms with E-state index in [0.29, 0.717) is 11.5 Å². The molecule has 4 rings (SSSR count). The van der Waals surface area contributed by atoms with E-state index in [9.17, 15) is 0 Å². The lowest BCUT2D eigenvalue weighted by atomic mass is 9.85. The SMILES string of the molecule is N#CSCc1ccc(/C(=C(\c2ccccc2)c2ccc(CSC#N)cc2)c2ccccc2)cc1. The quantitative estimate of drug-likeness (QED) is 0.191. The van der Waals surface area contributed by atoms with Gasteiger partial charge in [-0.2, -0.15) is 10.5 Å². The van der Waals surface area contributed by atoms with Crippen LogP contribution in [0.15, 0.2) is 109 Å². The first-order valence-corrected chi connectivity index (χ1v) is 12.8. The van der Waals surface area contributed by atoms with E-state index in [-0.39, 0.29) is 0 Å². The van der Waals surface area contributed by atoms with Gasteiger partial charge >= 0.3 is 0 Å². The van der Waals surface area contributed by atoms with Crippen molar-refractivity contribution >= 4 is 34.7 Å². The summed E-state index contributed by atoms with van der Waals surface area (Å²) in [6.07, 6.45) is 0. The van der Waals surface area contributed by atoms with Gasteiger partial charge in [0.2, 0.25) is 0 Å². The smallest absolute Gasteiger partial charge is 0.133 e. The Kier molecular flexibility index (Phi) is 8.25. The summed E-state index contributed by atoms with van der Waals surface area (Å²) in [4.78, 5) is 0. The van der Waals surface area contributed by atoms with Crippen LogP contribution in [0.1, 0.15) is 33.4 Å². The summed E-state index contributed by atoms with van der Waals surface area (Å²) in [6.45, 7) is 0. The van der Waals surface area contributed by atoms with Crippen LogP contribution in [0.3, 0.4) is 0 Å². The predicted octanol–water partition coefficient (Wildman–Crippen LogP) is 8.12. The van der Waals surface area contributed by atoms with E-state index in [1.807, 2.05) is 12.1 Å². The summed E-state index contributed by atoms with van der Waals surface area (Å²) in [6, 6.07) is 37.9. The molecule has 0 aliphatic heterocycles. The second kappa shape index (κ2) is 12.0. The fourth-order valence-corrected chi connectivity index (χ4v) is 4.73. The number of rotatable bonds is 8. The first-order valence-electron chi connectivity index (χ1n) is 10.9. The Bertz CT molecular complexity index is 1220. The molecule has 34 heavy (non-hydrogen) atoms. The molecule has 0 saturated heterocycles. The molecule has 0 radical (unpaired) electrons. The summed E-state index contributed by atoms with van der Waals surface area (Å²) < 4.78 is 0. The highest BCUT2D eigenvalue weighted by Gasteiger charge is 2.16. The van der Waals surface area contributed by atoms with Crippen molar-refractivity contribution < 1.29 is 0 Å². The van der Waals surface area contributed by atoms with E-state index in [0.717, 1.165) is 44.5 Å². The number of hydrogen-bond acceptors (Lipinski definition) is 4. The fourth-order valence-electron chi connectivity index (χ4n) is 3.89. The molecule has 164 valence electrons. The molecule has 0 amide bonds. The first-order chi connectivity index (χ1) is 16.8. The van der Waals surface area contributed by atoms with E-state index >= 15 is 0 Å². The summed E-state index contributed by atoms with van der Waals surface area (Å²) in [5.41, 5.74) is 9.11. The van der Waals surface area contributed by atoms with Gasteiger partial charge in [0.05, 0.1) is 0 Å². The first kappa shape index (κ1) is 23.5. The van der Waals surface area contributed by atoms with E-state index < -0.39 is 0 Å². The van der Waals surface area contributed by atoms with Crippen LogP contribution in [0, 0.1) is 21.3 Å². The number of hydrogen-bond donors (Lipinski definition) is 0. The van der Waals surface area contributed by atoms with Crippen LogP contribution < -0.4 is 0 Å². The molecule has 0 aliphatic rings. The van der Waals surface area contributed by atoms with Gasteiger partial charge in [0, 0.05) is 11.5 Å². The molecule has 4 aromatic rings. The van der Waals surface area contributed by atoms with E-state index in [2.05, 4.69) is 108 Å². The monoisotopic (exact) mass is 474 g/mol. The van der Waals surface area contributed by atoms with Gasteiger partial charge in [-0.3, -0.25) is 0 Å². The number of thioether (sulfide) groups is 2. The molecule has 0 heterocycles. The molecule has 0 aliphatic carbocycles. The van der Waals surface area contributed by atoms with Crippen molar-refractivity contribution in [3.8, 4) is 10.8 Å². The van der Waals surface area contributed by atoms with Crippen LogP contribution in [-0.2, 0) is 11.5 Å². The van der Waals surface area contributed by atoms with Crippen LogP contribution in [0.5, 0.6) is 0 Å². The number of thiocyanates is 2. The summed E-state index contributed by atoms with van der Waals surface area (Å²) in [7, 11) is 0. The van der Waals surface area contributed by atoms with Gasteiger partial charge in [-0.25, -0.2) is 0 Å². The predicted molar refractivity (Wildman–Crippen MR) is 145 cm³/mol. The second-order valence-corrected chi connectivity index (χ2v) is 9.16. The third-order valence-electron chi connectivity index (χ3n) is 5.47. The Morgan fingerprint density at radius 1 is 0.471 bits per heavy atom. The Morgan fingerprint density at radius 2 is 0.794 bits per heavy atom. The lowest BCUT2D eigenvalue weighted by molar-refractivity contribution is 1.39. The zero-order valence-corrected chi connectivity index (χ0v) is 20.2. The Morgan fingerprint density at radius 3 is 1.12 bits per heavy atom. The van der Waals surface area contributed by atoms with E-state index in [1.54, 1.807) is 0 Å². The summed E-state index contributed by atoms with van der Waals surface area (Å²) >= 11 is 2.50.